The number of benzene rings is 2. The number of rotatable bonds is 8. The first-order valence-electron chi connectivity index (χ1n) is 7.82. The van der Waals surface area contributed by atoms with Gasteiger partial charge < -0.3 is 14.8 Å². The number of halogens is 1. The van der Waals surface area contributed by atoms with Crippen LogP contribution < -0.4 is 5.32 Å². The molecule has 1 N–H and O–H groups in total. The smallest absolute Gasteiger partial charge is 0.328 e. The minimum Gasteiger partial charge on any atom is -0.467 e. The minimum atomic E-state index is -0.795. The van der Waals surface area contributed by atoms with Gasteiger partial charge in [-0.15, -0.1) is 0 Å². The van der Waals surface area contributed by atoms with E-state index in [-0.39, 0.29) is 18.9 Å². The van der Waals surface area contributed by atoms with Crippen molar-refractivity contribution in [2.24, 2.45) is 0 Å². The Hall–Kier alpha value is -2.37. The Morgan fingerprint density at radius 1 is 1.08 bits per heavy atom. The lowest BCUT2D eigenvalue weighted by molar-refractivity contribution is -0.145. The van der Waals surface area contributed by atoms with Gasteiger partial charge in [0.2, 0.25) is 5.91 Å². The van der Waals surface area contributed by atoms with E-state index in [9.17, 15) is 9.59 Å². The molecule has 0 aliphatic carbocycles. The predicted octanol–water partition coefficient (Wildman–Crippen LogP) is 2.76. The zero-order chi connectivity index (χ0) is 18.1. The third-order valence-corrected chi connectivity index (χ3v) is 3.73. The SMILES string of the molecule is COC(=O)[C@H](Cc1cccc(Cl)c1)NC(=O)COCc1ccccc1. The van der Waals surface area contributed by atoms with Gasteiger partial charge in [0, 0.05) is 11.4 Å². The lowest BCUT2D eigenvalue weighted by Crippen LogP contribution is -2.44. The molecule has 6 heteroatoms. The molecule has 0 aliphatic heterocycles. The number of hydrogen-bond acceptors (Lipinski definition) is 4. The van der Waals surface area contributed by atoms with Crippen molar-refractivity contribution in [2.75, 3.05) is 13.7 Å². The zero-order valence-electron chi connectivity index (χ0n) is 13.9. The van der Waals surface area contributed by atoms with Gasteiger partial charge in [0.1, 0.15) is 12.6 Å². The van der Waals surface area contributed by atoms with Crippen LogP contribution in [0.1, 0.15) is 11.1 Å². The fraction of sp³-hybridized carbons (Fsp3) is 0.263. The molecule has 0 heterocycles. The number of ether oxygens (including phenoxy) is 2. The third kappa shape index (κ3) is 6.57. The van der Waals surface area contributed by atoms with Gasteiger partial charge in [0.05, 0.1) is 13.7 Å². The molecule has 2 aromatic carbocycles. The summed E-state index contributed by atoms with van der Waals surface area (Å²) in [4.78, 5) is 24.0. The first-order valence-corrected chi connectivity index (χ1v) is 8.19. The van der Waals surface area contributed by atoms with Gasteiger partial charge in [0.15, 0.2) is 0 Å². The quantitative estimate of drug-likeness (QED) is 0.734. The molecule has 5 nitrogen and oxygen atoms in total. The van der Waals surface area contributed by atoms with E-state index >= 15 is 0 Å². The van der Waals surface area contributed by atoms with Crippen LogP contribution in [0.3, 0.4) is 0 Å². The number of carbonyl (C=O) groups is 2. The average Bonchev–Trinajstić information content (AvgIpc) is 2.61. The number of hydrogen-bond donors (Lipinski definition) is 1. The van der Waals surface area contributed by atoms with E-state index in [4.69, 9.17) is 21.1 Å². The number of amides is 1. The molecule has 0 fully saturated rings. The van der Waals surface area contributed by atoms with Gasteiger partial charge in [-0.3, -0.25) is 4.79 Å². The molecule has 25 heavy (non-hydrogen) atoms. The maximum atomic E-state index is 12.1. The van der Waals surface area contributed by atoms with Gasteiger partial charge in [-0.1, -0.05) is 54.1 Å². The van der Waals surface area contributed by atoms with Crippen molar-refractivity contribution in [3.63, 3.8) is 0 Å². The summed E-state index contributed by atoms with van der Waals surface area (Å²) in [6, 6.07) is 15.8. The molecule has 1 atom stereocenters. The molecule has 2 aromatic rings. The predicted molar refractivity (Wildman–Crippen MR) is 95.2 cm³/mol. The Bertz CT molecular complexity index is 706. The summed E-state index contributed by atoms with van der Waals surface area (Å²) >= 11 is 5.95. The Balaban J connectivity index is 1.87. The van der Waals surface area contributed by atoms with E-state index in [1.54, 1.807) is 18.2 Å². The fourth-order valence-corrected chi connectivity index (χ4v) is 2.52. The second-order valence-corrected chi connectivity index (χ2v) is 5.89. The summed E-state index contributed by atoms with van der Waals surface area (Å²) in [5, 5.41) is 3.21. The molecule has 2 rings (SSSR count). The molecular weight excluding hydrogens is 342 g/mol. The van der Waals surface area contributed by atoms with Crippen molar-refractivity contribution in [3.8, 4) is 0 Å². The van der Waals surface area contributed by atoms with E-state index in [0.29, 0.717) is 11.6 Å². The molecule has 1 amide bonds. The van der Waals surface area contributed by atoms with Crippen molar-refractivity contribution in [1.82, 2.24) is 5.32 Å². The highest BCUT2D eigenvalue weighted by Gasteiger charge is 2.22. The minimum absolute atomic E-state index is 0.141. The molecular formula is C19H20ClNO4. The van der Waals surface area contributed by atoms with Gasteiger partial charge in [-0.2, -0.15) is 0 Å². The molecule has 0 aliphatic rings. The lowest BCUT2D eigenvalue weighted by Gasteiger charge is -2.17. The van der Waals surface area contributed by atoms with Gasteiger partial charge in [0.25, 0.3) is 0 Å². The van der Waals surface area contributed by atoms with Crippen molar-refractivity contribution < 1.29 is 19.1 Å². The fourth-order valence-electron chi connectivity index (χ4n) is 2.31. The van der Waals surface area contributed by atoms with Crippen LogP contribution in [0.25, 0.3) is 0 Å². The number of nitrogens with one attached hydrogen (secondary N) is 1. The Morgan fingerprint density at radius 3 is 2.48 bits per heavy atom. The van der Waals surface area contributed by atoms with Crippen LogP contribution in [-0.4, -0.2) is 31.6 Å². The van der Waals surface area contributed by atoms with E-state index in [0.717, 1.165) is 11.1 Å². The van der Waals surface area contributed by atoms with Crippen LogP contribution in [-0.2, 0) is 32.1 Å². The van der Waals surface area contributed by atoms with Gasteiger partial charge >= 0.3 is 5.97 Å². The van der Waals surface area contributed by atoms with Crippen LogP contribution in [0.4, 0.5) is 0 Å². The molecule has 0 radical (unpaired) electrons. The molecule has 0 unspecified atom stereocenters. The average molecular weight is 362 g/mol. The molecule has 0 saturated heterocycles. The summed E-state index contributed by atoms with van der Waals surface area (Å²) in [6.07, 6.45) is 0.289. The third-order valence-electron chi connectivity index (χ3n) is 3.49. The maximum Gasteiger partial charge on any atom is 0.328 e. The van der Waals surface area contributed by atoms with Crippen molar-refractivity contribution in [2.45, 2.75) is 19.1 Å². The summed E-state index contributed by atoms with van der Waals surface area (Å²) in [7, 11) is 1.28. The standard InChI is InChI=1S/C19H20ClNO4/c1-24-19(23)17(11-15-8-5-9-16(20)10-15)21-18(22)13-25-12-14-6-3-2-4-7-14/h2-10,17H,11-13H2,1H3,(H,21,22)/t17-/m0/s1. The van der Waals surface area contributed by atoms with Crippen LogP contribution in [0, 0.1) is 0 Å². The summed E-state index contributed by atoms with van der Waals surface area (Å²) in [6.45, 7) is 0.184. The largest absolute Gasteiger partial charge is 0.467 e. The van der Waals surface area contributed by atoms with E-state index in [1.807, 2.05) is 36.4 Å². The lowest BCUT2D eigenvalue weighted by atomic mass is 10.1. The first kappa shape index (κ1) is 19.0. The molecule has 0 aromatic heterocycles. The van der Waals surface area contributed by atoms with Crippen LogP contribution in [0.2, 0.25) is 5.02 Å². The number of methoxy groups -OCH3 is 1. The Kier molecular flexibility index (Phi) is 7.44. The van der Waals surface area contributed by atoms with Crippen molar-refractivity contribution in [1.29, 1.82) is 0 Å². The topological polar surface area (TPSA) is 64.6 Å². The second-order valence-electron chi connectivity index (χ2n) is 5.46. The van der Waals surface area contributed by atoms with Crippen LogP contribution >= 0.6 is 11.6 Å². The molecule has 0 saturated carbocycles. The Labute approximate surface area is 151 Å². The zero-order valence-corrected chi connectivity index (χ0v) is 14.7. The van der Waals surface area contributed by atoms with E-state index < -0.39 is 12.0 Å². The Morgan fingerprint density at radius 2 is 1.80 bits per heavy atom. The second kappa shape index (κ2) is 9.81. The highest BCUT2D eigenvalue weighted by molar-refractivity contribution is 6.30. The first-order chi connectivity index (χ1) is 12.1. The monoisotopic (exact) mass is 361 g/mol. The van der Waals surface area contributed by atoms with E-state index in [2.05, 4.69) is 5.32 Å². The summed E-state index contributed by atoms with van der Waals surface area (Å²) < 4.78 is 10.1. The van der Waals surface area contributed by atoms with E-state index in [1.165, 1.54) is 7.11 Å². The molecule has 132 valence electrons. The van der Waals surface area contributed by atoms with Crippen molar-refractivity contribution >= 4 is 23.5 Å². The molecule has 0 bridgehead atoms. The van der Waals surface area contributed by atoms with Gasteiger partial charge in [-0.05, 0) is 23.3 Å². The highest BCUT2D eigenvalue weighted by Crippen LogP contribution is 2.13. The maximum absolute atomic E-state index is 12.1. The highest BCUT2D eigenvalue weighted by atomic mass is 35.5. The normalized spacial score (nSPS) is 11.6. The van der Waals surface area contributed by atoms with Crippen LogP contribution in [0.5, 0.6) is 0 Å². The number of carbonyl (C=O) groups excluding carboxylic acids is 2. The van der Waals surface area contributed by atoms with Gasteiger partial charge in [-0.25, -0.2) is 4.79 Å². The van der Waals surface area contributed by atoms with Crippen LogP contribution in [0.15, 0.2) is 54.6 Å². The molecule has 0 spiro atoms. The number of esters is 1. The summed E-state index contributed by atoms with van der Waals surface area (Å²) in [5.74, 6) is -0.898. The summed E-state index contributed by atoms with van der Waals surface area (Å²) in [5.41, 5.74) is 1.80. The van der Waals surface area contributed by atoms with Crippen molar-refractivity contribution in [3.05, 3.63) is 70.7 Å².